The van der Waals surface area contributed by atoms with E-state index in [2.05, 4.69) is 29.1 Å². The number of aliphatic hydroxyl groups is 1. The minimum Gasteiger partial charge on any atom is -0.396 e. The predicted molar refractivity (Wildman–Crippen MR) is 83.3 cm³/mol. The molecule has 20 heavy (non-hydrogen) atoms. The minimum atomic E-state index is 0.308. The van der Waals surface area contributed by atoms with Crippen molar-refractivity contribution in [3.8, 4) is 0 Å². The molecule has 4 nitrogen and oxygen atoms in total. The lowest BCUT2D eigenvalue weighted by atomic mass is 9.97. The van der Waals surface area contributed by atoms with Crippen molar-refractivity contribution in [2.75, 3.05) is 18.5 Å². The molecule has 2 N–H and O–H groups in total. The van der Waals surface area contributed by atoms with Crippen molar-refractivity contribution in [1.82, 2.24) is 9.97 Å². The standard InChI is InChI=1S/C15H21N3OS/c1-9-10(2)20-15-13(9)14(17-8-18-15)16-6-11-4-3-5-12(11)7-19/h8,11-12,19H,3-7H2,1-2H3,(H,16,17,18). The van der Waals surface area contributed by atoms with Gasteiger partial charge in [-0.3, -0.25) is 0 Å². The molecule has 2 unspecified atom stereocenters. The van der Waals surface area contributed by atoms with Crippen LogP contribution in [0.2, 0.25) is 0 Å². The van der Waals surface area contributed by atoms with Gasteiger partial charge in [-0.2, -0.15) is 0 Å². The number of nitrogens with one attached hydrogen (secondary N) is 1. The Hall–Kier alpha value is -1.20. The Balaban J connectivity index is 1.81. The van der Waals surface area contributed by atoms with E-state index in [0.29, 0.717) is 18.4 Å². The Labute approximate surface area is 123 Å². The molecule has 3 rings (SSSR count). The van der Waals surface area contributed by atoms with Crippen LogP contribution in [0.3, 0.4) is 0 Å². The van der Waals surface area contributed by atoms with Crippen LogP contribution in [0.15, 0.2) is 6.33 Å². The molecule has 0 spiro atoms. The number of aryl methyl sites for hydroxylation is 2. The number of hydrogen-bond acceptors (Lipinski definition) is 5. The van der Waals surface area contributed by atoms with Crippen molar-refractivity contribution >= 4 is 27.4 Å². The Morgan fingerprint density at radius 3 is 2.90 bits per heavy atom. The molecule has 0 amide bonds. The van der Waals surface area contributed by atoms with Crippen LogP contribution in [-0.2, 0) is 0 Å². The lowest BCUT2D eigenvalue weighted by Crippen LogP contribution is -2.21. The molecular formula is C15H21N3OS. The highest BCUT2D eigenvalue weighted by Crippen LogP contribution is 2.34. The highest BCUT2D eigenvalue weighted by molar-refractivity contribution is 7.18. The molecule has 1 aliphatic carbocycles. The van der Waals surface area contributed by atoms with Crippen LogP contribution < -0.4 is 5.32 Å². The number of fused-ring (bicyclic) bond motifs is 1. The number of rotatable bonds is 4. The molecule has 2 aromatic heterocycles. The monoisotopic (exact) mass is 291 g/mol. The van der Waals surface area contributed by atoms with E-state index < -0.39 is 0 Å². The van der Waals surface area contributed by atoms with Crippen LogP contribution in [0.25, 0.3) is 10.2 Å². The van der Waals surface area contributed by atoms with Crippen LogP contribution in [0.1, 0.15) is 29.7 Å². The third-order valence-electron chi connectivity index (χ3n) is 4.55. The molecule has 2 aromatic rings. The molecular weight excluding hydrogens is 270 g/mol. The lowest BCUT2D eigenvalue weighted by Gasteiger charge is -2.18. The molecule has 0 radical (unpaired) electrons. The van der Waals surface area contributed by atoms with Gasteiger partial charge < -0.3 is 10.4 Å². The van der Waals surface area contributed by atoms with E-state index in [1.165, 1.54) is 23.3 Å². The van der Waals surface area contributed by atoms with Gasteiger partial charge in [0.2, 0.25) is 0 Å². The Bertz CT molecular complexity index is 610. The third-order valence-corrected chi connectivity index (χ3v) is 5.66. The molecule has 0 aliphatic heterocycles. The maximum Gasteiger partial charge on any atom is 0.138 e. The van der Waals surface area contributed by atoms with E-state index in [1.54, 1.807) is 17.7 Å². The average molecular weight is 291 g/mol. The SMILES string of the molecule is Cc1sc2ncnc(NCC3CCCC3CO)c2c1C. The Morgan fingerprint density at radius 1 is 1.30 bits per heavy atom. The Morgan fingerprint density at radius 2 is 2.10 bits per heavy atom. The van der Waals surface area contributed by atoms with Crippen molar-refractivity contribution in [3.63, 3.8) is 0 Å². The zero-order valence-corrected chi connectivity index (χ0v) is 12.8. The van der Waals surface area contributed by atoms with Crippen molar-refractivity contribution in [1.29, 1.82) is 0 Å². The van der Waals surface area contributed by atoms with Crippen LogP contribution in [0.5, 0.6) is 0 Å². The molecule has 1 fully saturated rings. The minimum absolute atomic E-state index is 0.308. The maximum atomic E-state index is 9.40. The van der Waals surface area contributed by atoms with E-state index in [0.717, 1.165) is 29.0 Å². The molecule has 2 atom stereocenters. The van der Waals surface area contributed by atoms with Gasteiger partial charge in [-0.05, 0) is 44.1 Å². The second-order valence-electron chi connectivity index (χ2n) is 5.70. The summed E-state index contributed by atoms with van der Waals surface area (Å²) in [7, 11) is 0. The second kappa shape index (κ2) is 5.66. The maximum absolute atomic E-state index is 9.40. The normalized spacial score (nSPS) is 22.6. The fourth-order valence-electron chi connectivity index (χ4n) is 3.17. The van der Waals surface area contributed by atoms with E-state index in [4.69, 9.17) is 0 Å². The first-order valence-corrected chi connectivity index (χ1v) is 8.07. The summed E-state index contributed by atoms with van der Waals surface area (Å²) in [4.78, 5) is 11.1. The van der Waals surface area contributed by atoms with Gasteiger partial charge in [-0.15, -0.1) is 11.3 Å². The van der Waals surface area contributed by atoms with Crippen molar-refractivity contribution in [2.45, 2.75) is 33.1 Å². The van der Waals surface area contributed by atoms with Crippen molar-refractivity contribution < 1.29 is 5.11 Å². The number of nitrogens with zero attached hydrogens (tertiary/aromatic N) is 2. The van der Waals surface area contributed by atoms with Crippen LogP contribution in [0.4, 0.5) is 5.82 Å². The summed E-state index contributed by atoms with van der Waals surface area (Å²) in [5, 5.41) is 14.1. The van der Waals surface area contributed by atoms with Gasteiger partial charge >= 0.3 is 0 Å². The van der Waals surface area contributed by atoms with E-state index in [9.17, 15) is 5.11 Å². The first-order chi connectivity index (χ1) is 9.70. The summed E-state index contributed by atoms with van der Waals surface area (Å²) < 4.78 is 0. The fourth-order valence-corrected chi connectivity index (χ4v) is 4.16. The number of aliphatic hydroxyl groups excluding tert-OH is 1. The first-order valence-electron chi connectivity index (χ1n) is 7.26. The smallest absolute Gasteiger partial charge is 0.138 e. The van der Waals surface area contributed by atoms with Crippen LogP contribution >= 0.6 is 11.3 Å². The topological polar surface area (TPSA) is 58.0 Å². The van der Waals surface area contributed by atoms with Crippen molar-refractivity contribution in [2.24, 2.45) is 11.8 Å². The van der Waals surface area contributed by atoms with Gasteiger partial charge in [0.15, 0.2) is 0 Å². The van der Waals surface area contributed by atoms with Gasteiger partial charge in [-0.25, -0.2) is 9.97 Å². The van der Waals surface area contributed by atoms with E-state index >= 15 is 0 Å². The number of thiophene rings is 1. The van der Waals surface area contributed by atoms with Gasteiger partial charge in [0.1, 0.15) is 17.0 Å². The molecule has 0 bridgehead atoms. The lowest BCUT2D eigenvalue weighted by molar-refractivity contribution is 0.199. The summed E-state index contributed by atoms with van der Waals surface area (Å²) in [6.07, 6.45) is 5.22. The molecule has 1 saturated carbocycles. The van der Waals surface area contributed by atoms with E-state index in [-0.39, 0.29) is 0 Å². The highest BCUT2D eigenvalue weighted by atomic mass is 32.1. The average Bonchev–Trinajstić information content (AvgIpc) is 3.02. The van der Waals surface area contributed by atoms with Crippen molar-refractivity contribution in [3.05, 3.63) is 16.8 Å². The predicted octanol–water partition coefficient (Wildman–Crippen LogP) is 3.13. The zero-order chi connectivity index (χ0) is 14.1. The third kappa shape index (κ3) is 2.40. The van der Waals surface area contributed by atoms with E-state index in [1.807, 2.05) is 0 Å². The first kappa shape index (κ1) is 13.8. The summed E-state index contributed by atoms with van der Waals surface area (Å²) >= 11 is 1.72. The van der Waals surface area contributed by atoms with Gasteiger partial charge in [0.25, 0.3) is 0 Å². The molecule has 2 heterocycles. The second-order valence-corrected chi connectivity index (χ2v) is 6.90. The molecule has 1 aliphatic rings. The summed E-state index contributed by atoms with van der Waals surface area (Å²) in [6.45, 7) is 5.47. The molecule has 5 heteroatoms. The highest BCUT2D eigenvalue weighted by Gasteiger charge is 2.26. The number of anilines is 1. The summed E-state index contributed by atoms with van der Waals surface area (Å²) in [6, 6.07) is 0. The quantitative estimate of drug-likeness (QED) is 0.908. The van der Waals surface area contributed by atoms with Gasteiger partial charge in [0.05, 0.1) is 5.39 Å². The van der Waals surface area contributed by atoms with Crippen LogP contribution in [0, 0.1) is 25.7 Å². The Kier molecular flexibility index (Phi) is 3.89. The van der Waals surface area contributed by atoms with Gasteiger partial charge in [0, 0.05) is 18.0 Å². The zero-order valence-electron chi connectivity index (χ0n) is 12.0. The fraction of sp³-hybridized carbons (Fsp3) is 0.600. The number of hydrogen-bond donors (Lipinski definition) is 2. The molecule has 108 valence electrons. The summed E-state index contributed by atoms with van der Waals surface area (Å²) in [5.74, 6) is 1.95. The molecule has 0 aromatic carbocycles. The molecule has 0 saturated heterocycles. The largest absolute Gasteiger partial charge is 0.396 e. The van der Waals surface area contributed by atoms with Gasteiger partial charge in [-0.1, -0.05) is 6.42 Å². The summed E-state index contributed by atoms with van der Waals surface area (Å²) in [5.41, 5.74) is 1.28. The van der Waals surface area contributed by atoms with Crippen LogP contribution in [-0.4, -0.2) is 28.2 Å². The number of aromatic nitrogens is 2.